The van der Waals surface area contributed by atoms with Crippen molar-refractivity contribution in [3.63, 3.8) is 0 Å². The Morgan fingerprint density at radius 3 is 1.18 bits per heavy atom. The number of benzene rings is 2. The van der Waals surface area contributed by atoms with E-state index < -0.39 is 0 Å². The summed E-state index contributed by atoms with van der Waals surface area (Å²) in [5.41, 5.74) is 6.56. The molecular weight excluding hydrogens is 470 g/mol. The van der Waals surface area contributed by atoms with Crippen molar-refractivity contribution < 1.29 is 0 Å². The van der Waals surface area contributed by atoms with Crippen LogP contribution in [0.2, 0.25) is 0 Å². The molecule has 0 spiro atoms. The molecule has 4 rings (SSSR count). The third-order valence-electron chi connectivity index (χ3n) is 5.84. The summed E-state index contributed by atoms with van der Waals surface area (Å²) in [6, 6.07) is 22.6. The fourth-order valence-corrected chi connectivity index (χ4v) is 13.5. The summed E-state index contributed by atoms with van der Waals surface area (Å²) in [5.74, 6) is 0. The molecule has 0 unspecified atom stereocenters. The van der Waals surface area contributed by atoms with Gasteiger partial charge in [0, 0.05) is 0 Å². The second-order valence-corrected chi connectivity index (χ2v) is 13.9. The first kappa shape index (κ1) is 20.2. The quantitative estimate of drug-likeness (QED) is 0.386. The van der Waals surface area contributed by atoms with Crippen LogP contribution in [-0.4, -0.2) is 26.3 Å². The van der Waals surface area contributed by atoms with Crippen LogP contribution in [0, 0.1) is 0 Å². The second kappa shape index (κ2) is 10.7. The van der Waals surface area contributed by atoms with Crippen molar-refractivity contribution in [1.82, 2.24) is 0 Å². The Hall–Kier alpha value is -1.04. The van der Waals surface area contributed by atoms with Crippen LogP contribution in [0.25, 0.3) is 8.94 Å². The average molecular weight is 500 g/mol. The monoisotopic (exact) mass is 502 g/mol. The molecule has 2 aromatic rings. The van der Waals surface area contributed by atoms with Crippen LogP contribution in [0.15, 0.2) is 71.8 Å². The van der Waals surface area contributed by atoms with Crippen LogP contribution < -0.4 is 0 Å². The molecule has 2 fully saturated rings. The van der Waals surface area contributed by atoms with E-state index in [1.807, 2.05) is 0 Å². The van der Waals surface area contributed by atoms with E-state index in [9.17, 15) is 0 Å². The molecule has 0 N–H and O–H groups in total. The number of hydrogen-bond acceptors (Lipinski definition) is 0. The molecule has 0 saturated heterocycles. The molecule has 0 heterocycles. The molecule has 2 aliphatic rings. The molecule has 0 amide bonds. The fourth-order valence-electron chi connectivity index (χ4n) is 4.30. The molecule has 0 radical (unpaired) electrons. The van der Waals surface area contributed by atoms with Crippen molar-refractivity contribution in [3.8, 4) is 0 Å². The van der Waals surface area contributed by atoms with Gasteiger partial charge in [-0.1, -0.05) is 0 Å². The first-order valence-corrected chi connectivity index (χ1v) is 16.9. The zero-order valence-corrected chi connectivity index (χ0v) is 20.1. The average Bonchev–Trinajstić information content (AvgIpc) is 2.79. The predicted molar refractivity (Wildman–Crippen MR) is 124 cm³/mol. The van der Waals surface area contributed by atoms with Crippen LogP contribution in [0.1, 0.15) is 75.3 Å². The fraction of sp³-hybridized carbons (Fsp3) is 0.385. The van der Waals surface area contributed by atoms with Gasteiger partial charge in [0.15, 0.2) is 0 Å². The molecule has 2 heteroatoms. The Morgan fingerprint density at radius 2 is 0.821 bits per heavy atom. The Balaban J connectivity index is 1.64. The van der Waals surface area contributed by atoms with Gasteiger partial charge in [0.1, 0.15) is 0 Å². The Labute approximate surface area is 181 Å². The third-order valence-corrected chi connectivity index (χ3v) is 13.5. The Morgan fingerprint density at radius 1 is 0.464 bits per heavy atom. The van der Waals surface area contributed by atoms with Crippen LogP contribution in [-0.2, 0) is 0 Å². The van der Waals surface area contributed by atoms with Gasteiger partial charge in [0.25, 0.3) is 0 Å². The van der Waals surface area contributed by atoms with E-state index in [1.54, 1.807) is 20.1 Å². The maximum absolute atomic E-state index is 2.35. The molecule has 0 bridgehead atoms. The maximum atomic E-state index is 2.35. The van der Waals surface area contributed by atoms with Gasteiger partial charge >= 0.3 is 182 Å². The van der Waals surface area contributed by atoms with Gasteiger partial charge in [-0.25, -0.2) is 0 Å². The van der Waals surface area contributed by atoms with Gasteiger partial charge in [-0.05, 0) is 0 Å². The summed E-state index contributed by atoms with van der Waals surface area (Å²) in [5, 5.41) is 0. The molecular formula is C26H30Se2. The summed E-state index contributed by atoms with van der Waals surface area (Å²) >= 11 is 1.13. The molecule has 0 aromatic heterocycles. The van der Waals surface area contributed by atoms with Gasteiger partial charge < -0.3 is 0 Å². The Bertz CT molecular complexity index is 731. The number of rotatable bonds is 5. The van der Waals surface area contributed by atoms with E-state index in [4.69, 9.17) is 0 Å². The SMILES string of the molecule is c1ccc(C([Se][Se]C(=C2CCCCC2)c2ccccc2)=C2CCCCC2)cc1. The van der Waals surface area contributed by atoms with E-state index in [0.29, 0.717) is 26.3 Å². The molecule has 146 valence electrons. The summed E-state index contributed by atoms with van der Waals surface area (Å²) in [7, 11) is 0. The van der Waals surface area contributed by atoms with Gasteiger partial charge in [-0.15, -0.1) is 0 Å². The van der Waals surface area contributed by atoms with Crippen LogP contribution in [0.4, 0.5) is 0 Å². The first-order chi connectivity index (χ1) is 13.9. The van der Waals surface area contributed by atoms with Gasteiger partial charge in [-0.2, -0.15) is 0 Å². The molecule has 28 heavy (non-hydrogen) atoms. The van der Waals surface area contributed by atoms with E-state index in [2.05, 4.69) is 60.7 Å². The van der Waals surface area contributed by atoms with Gasteiger partial charge in [0.2, 0.25) is 0 Å². The molecule has 0 nitrogen and oxygen atoms in total. The predicted octanol–water partition coefficient (Wildman–Crippen LogP) is 7.06. The van der Waals surface area contributed by atoms with Crippen molar-refractivity contribution in [2.24, 2.45) is 0 Å². The minimum atomic E-state index is 0.566. The standard InChI is InChI=1S/C26H30Se2/c1-5-13-21(14-6-1)25(22-15-7-2-8-16-22)27-28-26(23-17-9-3-10-18-23)24-19-11-4-12-20-24/h1,3,5-6,9-10,13-14,17-18H,2,4,7-8,11-12,15-16,19-20H2. The van der Waals surface area contributed by atoms with E-state index in [0.717, 1.165) is 0 Å². The van der Waals surface area contributed by atoms with Gasteiger partial charge in [0.05, 0.1) is 0 Å². The van der Waals surface area contributed by atoms with Crippen molar-refractivity contribution in [3.05, 3.63) is 82.9 Å². The number of hydrogen-bond donors (Lipinski definition) is 0. The van der Waals surface area contributed by atoms with Crippen molar-refractivity contribution in [2.75, 3.05) is 0 Å². The molecule has 2 aromatic carbocycles. The van der Waals surface area contributed by atoms with Crippen LogP contribution in [0.5, 0.6) is 0 Å². The third kappa shape index (κ3) is 5.31. The molecule has 2 aliphatic carbocycles. The number of allylic oxidation sites excluding steroid dienone is 2. The van der Waals surface area contributed by atoms with Gasteiger partial charge in [-0.3, -0.25) is 0 Å². The van der Waals surface area contributed by atoms with E-state index in [-0.39, 0.29) is 0 Å². The van der Waals surface area contributed by atoms with Crippen LogP contribution in [0.3, 0.4) is 0 Å². The van der Waals surface area contributed by atoms with Crippen LogP contribution >= 0.6 is 0 Å². The Kier molecular flexibility index (Phi) is 7.70. The van der Waals surface area contributed by atoms with Crippen molar-refractivity contribution in [2.45, 2.75) is 64.2 Å². The van der Waals surface area contributed by atoms with Crippen molar-refractivity contribution >= 4 is 35.2 Å². The minimum absolute atomic E-state index is 0.566. The summed E-state index contributed by atoms with van der Waals surface area (Å²) in [6.45, 7) is 0. The summed E-state index contributed by atoms with van der Waals surface area (Å²) < 4.78 is 3.47. The first-order valence-electron chi connectivity index (χ1n) is 10.8. The van der Waals surface area contributed by atoms with E-state index in [1.165, 1.54) is 75.3 Å². The van der Waals surface area contributed by atoms with E-state index >= 15 is 0 Å². The zero-order valence-electron chi connectivity index (χ0n) is 16.7. The molecule has 2 saturated carbocycles. The normalized spacial score (nSPS) is 17.4. The summed E-state index contributed by atoms with van der Waals surface area (Å²) in [4.78, 5) is 0. The van der Waals surface area contributed by atoms with Crippen molar-refractivity contribution in [1.29, 1.82) is 0 Å². The zero-order chi connectivity index (χ0) is 19.0. The summed E-state index contributed by atoms with van der Waals surface area (Å²) in [6.07, 6.45) is 13.7. The topological polar surface area (TPSA) is 0 Å². The molecule has 0 atom stereocenters. The molecule has 0 aliphatic heterocycles. The second-order valence-electron chi connectivity index (χ2n) is 7.89.